The van der Waals surface area contributed by atoms with Crippen LogP contribution in [0.4, 0.5) is 13.2 Å². The zero-order valence-electron chi connectivity index (χ0n) is 17.6. The van der Waals surface area contributed by atoms with Gasteiger partial charge in [0.2, 0.25) is 5.91 Å². The number of carbonyl (C=O) groups is 2. The summed E-state index contributed by atoms with van der Waals surface area (Å²) in [6.07, 6.45) is -4.30. The number of ether oxygens (including phenoxy) is 2. The predicted octanol–water partition coefficient (Wildman–Crippen LogP) is 4.73. The van der Waals surface area contributed by atoms with Gasteiger partial charge in [0.1, 0.15) is 0 Å². The number of nitrogens with one attached hydrogen (secondary N) is 1. The molecule has 2 aromatic rings. The quantitative estimate of drug-likeness (QED) is 0.739. The summed E-state index contributed by atoms with van der Waals surface area (Å²) in [6.45, 7) is 0. The summed E-state index contributed by atoms with van der Waals surface area (Å²) < 4.78 is 51.4. The SMILES string of the molecule is COc1ccc([C@@H]2CC(=O)C3=C(C2)NC(=O)C[C@H]3c2ccccc2C(F)(F)F)cc1OC. The molecule has 0 spiro atoms. The lowest BCUT2D eigenvalue weighted by molar-refractivity contribution is -0.138. The molecule has 0 bridgehead atoms. The van der Waals surface area contributed by atoms with E-state index >= 15 is 0 Å². The monoisotopic (exact) mass is 445 g/mol. The van der Waals surface area contributed by atoms with E-state index in [0.29, 0.717) is 23.6 Å². The number of benzene rings is 2. The van der Waals surface area contributed by atoms with Crippen LogP contribution in [-0.2, 0) is 15.8 Å². The summed E-state index contributed by atoms with van der Waals surface area (Å²) in [5.41, 5.74) is 0.647. The van der Waals surface area contributed by atoms with Crippen LogP contribution < -0.4 is 14.8 Å². The van der Waals surface area contributed by atoms with Gasteiger partial charge in [-0.15, -0.1) is 0 Å². The largest absolute Gasteiger partial charge is 0.493 e. The number of Topliss-reactive ketones (excluding diaryl/α,β-unsaturated/α-hetero) is 1. The lowest BCUT2D eigenvalue weighted by Crippen LogP contribution is -2.38. The molecule has 2 aliphatic rings. The topological polar surface area (TPSA) is 64.6 Å². The van der Waals surface area contributed by atoms with Gasteiger partial charge < -0.3 is 14.8 Å². The Balaban J connectivity index is 1.74. The fourth-order valence-electron chi connectivity index (χ4n) is 4.63. The van der Waals surface area contributed by atoms with Crippen LogP contribution in [0.5, 0.6) is 11.5 Å². The number of alkyl halides is 3. The van der Waals surface area contributed by atoms with Crippen molar-refractivity contribution >= 4 is 11.7 Å². The number of rotatable bonds is 4. The van der Waals surface area contributed by atoms with Gasteiger partial charge in [-0.2, -0.15) is 13.2 Å². The van der Waals surface area contributed by atoms with E-state index in [0.717, 1.165) is 11.6 Å². The van der Waals surface area contributed by atoms with Gasteiger partial charge in [0.15, 0.2) is 17.3 Å². The van der Waals surface area contributed by atoms with Gasteiger partial charge in [0.05, 0.1) is 19.8 Å². The first-order valence-corrected chi connectivity index (χ1v) is 10.2. The molecule has 0 saturated heterocycles. The summed E-state index contributed by atoms with van der Waals surface area (Å²) >= 11 is 0. The van der Waals surface area contributed by atoms with Gasteiger partial charge in [-0.3, -0.25) is 9.59 Å². The number of methoxy groups -OCH3 is 2. The van der Waals surface area contributed by atoms with E-state index in [1.807, 2.05) is 6.07 Å². The number of ketones is 1. The van der Waals surface area contributed by atoms with Crippen molar-refractivity contribution in [3.63, 3.8) is 0 Å². The smallest absolute Gasteiger partial charge is 0.416 e. The third-order valence-electron chi connectivity index (χ3n) is 6.06. The fourth-order valence-corrected chi connectivity index (χ4v) is 4.63. The molecule has 2 aromatic carbocycles. The van der Waals surface area contributed by atoms with Crippen molar-refractivity contribution in [1.29, 1.82) is 0 Å². The Morgan fingerprint density at radius 3 is 2.34 bits per heavy atom. The molecular weight excluding hydrogens is 423 g/mol. The Hall–Kier alpha value is -3.29. The lowest BCUT2D eigenvalue weighted by atomic mass is 9.72. The highest BCUT2D eigenvalue weighted by Gasteiger charge is 2.42. The maximum absolute atomic E-state index is 13.6. The van der Waals surface area contributed by atoms with E-state index in [-0.39, 0.29) is 35.7 Å². The highest BCUT2D eigenvalue weighted by molar-refractivity contribution is 6.02. The van der Waals surface area contributed by atoms with Crippen LogP contribution in [0.1, 0.15) is 47.8 Å². The molecule has 0 aromatic heterocycles. The van der Waals surface area contributed by atoms with Crippen LogP contribution in [0.15, 0.2) is 53.7 Å². The summed E-state index contributed by atoms with van der Waals surface area (Å²) in [6, 6.07) is 10.5. The second-order valence-electron chi connectivity index (χ2n) is 7.92. The number of carbonyl (C=O) groups excluding carboxylic acids is 2. The third kappa shape index (κ3) is 3.97. The standard InChI is InChI=1S/C24H22F3NO4/c1-31-20-8-7-13(11-21(20)32-2)14-9-18-23(19(29)10-14)16(12-22(30)28-18)15-5-3-4-6-17(15)24(25,26)27/h3-8,11,14,16H,9-10,12H2,1-2H3,(H,28,30)/t14-,16-/m0/s1. The van der Waals surface area contributed by atoms with Crippen LogP contribution in [0.25, 0.3) is 0 Å². The Morgan fingerprint density at radius 1 is 0.938 bits per heavy atom. The summed E-state index contributed by atoms with van der Waals surface area (Å²) in [4.78, 5) is 25.6. The molecule has 1 N–H and O–H groups in total. The van der Waals surface area contributed by atoms with Crippen LogP contribution in [-0.4, -0.2) is 25.9 Å². The second-order valence-corrected chi connectivity index (χ2v) is 7.92. The van der Waals surface area contributed by atoms with Crippen molar-refractivity contribution in [3.05, 3.63) is 70.4 Å². The Kier molecular flexibility index (Phi) is 5.71. The zero-order valence-corrected chi connectivity index (χ0v) is 17.6. The molecule has 1 aliphatic heterocycles. The van der Waals surface area contributed by atoms with Gasteiger partial charge in [0, 0.05) is 30.0 Å². The number of halogens is 3. The minimum absolute atomic E-state index is 0.0414. The Morgan fingerprint density at radius 2 is 1.66 bits per heavy atom. The second kappa shape index (κ2) is 8.33. The molecule has 0 unspecified atom stereocenters. The molecule has 1 amide bonds. The van der Waals surface area contributed by atoms with E-state index in [4.69, 9.17) is 9.47 Å². The molecular formula is C24H22F3NO4. The van der Waals surface area contributed by atoms with Gasteiger partial charge in [-0.05, 0) is 41.7 Å². The minimum Gasteiger partial charge on any atom is -0.493 e. The van der Waals surface area contributed by atoms with E-state index in [1.165, 1.54) is 32.4 Å². The van der Waals surface area contributed by atoms with Gasteiger partial charge >= 0.3 is 6.18 Å². The Bertz CT molecular complexity index is 1110. The van der Waals surface area contributed by atoms with E-state index in [1.54, 1.807) is 12.1 Å². The van der Waals surface area contributed by atoms with Crippen LogP contribution in [0, 0.1) is 0 Å². The molecule has 168 valence electrons. The molecule has 2 atom stereocenters. The van der Waals surface area contributed by atoms with Gasteiger partial charge in [0.25, 0.3) is 0 Å². The van der Waals surface area contributed by atoms with Crippen LogP contribution in [0.3, 0.4) is 0 Å². The lowest BCUT2D eigenvalue weighted by Gasteiger charge is -2.35. The number of hydrogen-bond acceptors (Lipinski definition) is 4. The summed E-state index contributed by atoms with van der Waals surface area (Å²) in [5, 5.41) is 2.74. The van der Waals surface area contributed by atoms with Gasteiger partial charge in [-0.1, -0.05) is 24.3 Å². The first-order chi connectivity index (χ1) is 15.2. The van der Waals surface area contributed by atoms with Crippen LogP contribution >= 0.6 is 0 Å². The van der Waals surface area contributed by atoms with E-state index < -0.39 is 23.6 Å². The molecule has 0 saturated carbocycles. The first kappa shape index (κ1) is 21.9. The van der Waals surface area contributed by atoms with E-state index in [2.05, 4.69) is 5.32 Å². The molecule has 0 radical (unpaired) electrons. The van der Waals surface area contributed by atoms with Gasteiger partial charge in [-0.25, -0.2) is 0 Å². The number of amides is 1. The normalized spacial score (nSPS) is 21.2. The zero-order chi connectivity index (χ0) is 23.0. The third-order valence-corrected chi connectivity index (χ3v) is 6.06. The average molecular weight is 445 g/mol. The molecule has 1 heterocycles. The molecule has 4 rings (SSSR count). The molecule has 1 aliphatic carbocycles. The van der Waals surface area contributed by atoms with Crippen molar-refractivity contribution < 1.29 is 32.2 Å². The maximum atomic E-state index is 13.6. The Labute approximate surface area is 183 Å². The molecule has 8 heteroatoms. The van der Waals surface area contributed by atoms with Crippen molar-refractivity contribution in [2.24, 2.45) is 0 Å². The highest BCUT2D eigenvalue weighted by atomic mass is 19.4. The molecule has 32 heavy (non-hydrogen) atoms. The van der Waals surface area contributed by atoms with E-state index in [9.17, 15) is 22.8 Å². The van der Waals surface area contributed by atoms with Crippen LogP contribution in [0.2, 0.25) is 0 Å². The molecule has 5 nitrogen and oxygen atoms in total. The number of hydrogen-bond donors (Lipinski definition) is 1. The first-order valence-electron chi connectivity index (χ1n) is 10.2. The van der Waals surface area contributed by atoms with Crippen molar-refractivity contribution in [2.75, 3.05) is 14.2 Å². The summed E-state index contributed by atoms with van der Waals surface area (Å²) in [7, 11) is 3.04. The predicted molar refractivity (Wildman–Crippen MR) is 110 cm³/mol. The minimum atomic E-state index is -4.58. The fraction of sp³-hybridized carbons (Fsp3) is 0.333. The van der Waals surface area contributed by atoms with Crippen molar-refractivity contribution in [2.45, 2.75) is 37.3 Å². The molecule has 0 fully saturated rings. The average Bonchev–Trinajstić information content (AvgIpc) is 2.77. The summed E-state index contributed by atoms with van der Waals surface area (Å²) in [5.74, 6) is -0.747. The number of allylic oxidation sites excluding steroid dienone is 2. The van der Waals surface area contributed by atoms with Crippen molar-refractivity contribution in [1.82, 2.24) is 5.32 Å². The highest BCUT2D eigenvalue weighted by Crippen LogP contribution is 2.46. The maximum Gasteiger partial charge on any atom is 0.416 e. The van der Waals surface area contributed by atoms with Crippen molar-refractivity contribution in [3.8, 4) is 11.5 Å².